The molecule has 0 fully saturated rings. The number of nitrogens with zero attached hydrogens (tertiary/aromatic N) is 3. The average Bonchev–Trinajstić information content (AvgIpc) is 3.37. The van der Waals surface area contributed by atoms with Crippen molar-refractivity contribution in [1.29, 1.82) is 0 Å². The predicted molar refractivity (Wildman–Crippen MR) is 141 cm³/mol. The standard InChI is InChI=1S/C27H22F2N6OS/c1-15(19-7-5-17(28)12-22(19)29)35-27(36)20-3-2-10-31-26(20)32-13-18-6-9-24(37-18)16-4-8-23-21(11-16)25(30)34-14-33-23/h2-12,14-15H,13H2,1H3,(H,31,32)(H,35,36)(H2,30,33,34). The molecule has 3 aromatic heterocycles. The maximum Gasteiger partial charge on any atom is 0.255 e. The van der Waals surface area contributed by atoms with Crippen LogP contribution in [0.15, 0.2) is 73.2 Å². The molecule has 0 aliphatic heterocycles. The molecule has 0 radical (unpaired) electrons. The van der Waals surface area contributed by atoms with Gasteiger partial charge in [0.2, 0.25) is 0 Å². The molecule has 10 heteroatoms. The molecule has 3 heterocycles. The van der Waals surface area contributed by atoms with Gasteiger partial charge >= 0.3 is 0 Å². The molecule has 37 heavy (non-hydrogen) atoms. The zero-order valence-electron chi connectivity index (χ0n) is 19.7. The third-order valence-corrected chi connectivity index (χ3v) is 7.01. The molecule has 4 N–H and O–H groups in total. The van der Waals surface area contributed by atoms with E-state index in [4.69, 9.17) is 5.73 Å². The number of thiophene rings is 1. The second-order valence-corrected chi connectivity index (χ2v) is 9.54. The molecular weight excluding hydrogens is 494 g/mol. The molecule has 0 saturated heterocycles. The number of carbonyl (C=O) groups is 1. The zero-order chi connectivity index (χ0) is 25.9. The fourth-order valence-corrected chi connectivity index (χ4v) is 4.91. The number of fused-ring (bicyclic) bond motifs is 1. The highest BCUT2D eigenvalue weighted by atomic mass is 32.1. The molecule has 0 aliphatic carbocycles. The van der Waals surface area contributed by atoms with Crippen molar-refractivity contribution in [3.05, 3.63) is 101 Å². The number of pyridine rings is 1. The van der Waals surface area contributed by atoms with Crippen LogP contribution in [0.4, 0.5) is 20.4 Å². The van der Waals surface area contributed by atoms with Crippen LogP contribution in [0.25, 0.3) is 21.3 Å². The minimum atomic E-state index is -0.715. The number of hydrogen-bond acceptors (Lipinski definition) is 7. The highest BCUT2D eigenvalue weighted by Gasteiger charge is 2.18. The van der Waals surface area contributed by atoms with Crippen molar-refractivity contribution in [1.82, 2.24) is 20.3 Å². The van der Waals surface area contributed by atoms with Gasteiger partial charge in [-0.2, -0.15) is 0 Å². The van der Waals surface area contributed by atoms with Gasteiger partial charge in [-0.15, -0.1) is 11.3 Å². The van der Waals surface area contributed by atoms with Crippen LogP contribution in [0.1, 0.15) is 33.8 Å². The highest BCUT2D eigenvalue weighted by Crippen LogP contribution is 2.31. The van der Waals surface area contributed by atoms with Gasteiger partial charge in [0.05, 0.1) is 23.7 Å². The van der Waals surface area contributed by atoms with Crippen LogP contribution in [0.2, 0.25) is 0 Å². The molecule has 1 amide bonds. The van der Waals surface area contributed by atoms with Gasteiger partial charge in [0.1, 0.15) is 29.6 Å². The van der Waals surface area contributed by atoms with E-state index in [2.05, 4.69) is 25.6 Å². The maximum absolute atomic E-state index is 14.1. The molecule has 186 valence electrons. The van der Waals surface area contributed by atoms with Gasteiger partial charge in [-0.1, -0.05) is 12.1 Å². The smallest absolute Gasteiger partial charge is 0.255 e. The average molecular weight is 517 g/mol. The number of carbonyl (C=O) groups excluding carboxylic acids is 1. The number of amides is 1. The van der Waals surface area contributed by atoms with Gasteiger partial charge in [-0.05, 0) is 55.0 Å². The van der Waals surface area contributed by atoms with Gasteiger partial charge in [-0.25, -0.2) is 23.7 Å². The Morgan fingerprint density at radius 2 is 1.92 bits per heavy atom. The Hall–Kier alpha value is -4.44. The molecule has 5 aromatic rings. The zero-order valence-corrected chi connectivity index (χ0v) is 20.5. The van der Waals surface area contributed by atoms with Gasteiger partial charge in [0, 0.05) is 33.0 Å². The number of nitrogen functional groups attached to an aromatic ring is 1. The summed E-state index contributed by atoms with van der Waals surface area (Å²) in [5.74, 6) is -0.976. The van der Waals surface area contributed by atoms with Crippen LogP contribution in [-0.4, -0.2) is 20.9 Å². The molecular formula is C27H22F2N6OS. The third kappa shape index (κ3) is 5.24. The molecule has 0 bridgehead atoms. The number of anilines is 2. The summed E-state index contributed by atoms with van der Waals surface area (Å²) in [6.07, 6.45) is 3.03. The van der Waals surface area contributed by atoms with Crippen LogP contribution >= 0.6 is 11.3 Å². The quantitative estimate of drug-likeness (QED) is 0.256. The molecule has 5 rings (SSSR count). The first-order valence-electron chi connectivity index (χ1n) is 11.4. The summed E-state index contributed by atoms with van der Waals surface area (Å²) in [5.41, 5.74) is 8.31. The fraction of sp³-hybridized carbons (Fsp3) is 0.111. The van der Waals surface area contributed by atoms with Gasteiger partial charge in [-0.3, -0.25) is 4.79 Å². The number of aromatic nitrogens is 3. The lowest BCUT2D eigenvalue weighted by atomic mass is 10.1. The van der Waals surface area contributed by atoms with Gasteiger partial charge in [0.15, 0.2) is 0 Å². The van der Waals surface area contributed by atoms with E-state index >= 15 is 0 Å². The Morgan fingerprint density at radius 1 is 1.05 bits per heavy atom. The van der Waals surface area contributed by atoms with Crippen molar-refractivity contribution in [2.75, 3.05) is 11.1 Å². The first kappa shape index (κ1) is 24.3. The van der Waals surface area contributed by atoms with Gasteiger partial charge in [0.25, 0.3) is 5.91 Å². The Kier molecular flexibility index (Phi) is 6.74. The molecule has 0 spiro atoms. The lowest BCUT2D eigenvalue weighted by Crippen LogP contribution is -2.28. The minimum Gasteiger partial charge on any atom is -0.383 e. The summed E-state index contributed by atoms with van der Waals surface area (Å²) in [7, 11) is 0. The molecule has 0 saturated carbocycles. The van der Waals surface area contributed by atoms with Gasteiger partial charge < -0.3 is 16.4 Å². The van der Waals surface area contributed by atoms with E-state index in [0.717, 1.165) is 38.4 Å². The number of benzene rings is 2. The number of hydrogen-bond donors (Lipinski definition) is 3. The van der Waals surface area contributed by atoms with Crippen molar-refractivity contribution in [3.63, 3.8) is 0 Å². The van der Waals surface area contributed by atoms with E-state index in [1.807, 2.05) is 30.3 Å². The molecule has 7 nitrogen and oxygen atoms in total. The monoisotopic (exact) mass is 516 g/mol. The summed E-state index contributed by atoms with van der Waals surface area (Å²) in [5, 5.41) is 6.78. The highest BCUT2D eigenvalue weighted by molar-refractivity contribution is 7.15. The Bertz CT molecular complexity index is 1610. The summed E-state index contributed by atoms with van der Waals surface area (Å²) in [4.78, 5) is 27.7. The van der Waals surface area contributed by atoms with Crippen LogP contribution in [-0.2, 0) is 6.54 Å². The normalized spacial score (nSPS) is 11.9. The second-order valence-electron chi connectivity index (χ2n) is 8.37. The maximum atomic E-state index is 14.1. The number of nitrogens with two attached hydrogens (primary N) is 1. The summed E-state index contributed by atoms with van der Waals surface area (Å²) >= 11 is 1.60. The Balaban J connectivity index is 1.29. The number of rotatable bonds is 7. The topological polar surface area (TPSA) is 106 Å². The summed E-state index contributed by atoms with van der Waals surface area (Å²) < 4.78 is 27.4. The van der Waals surface area contributed by atoms with E-state index in [1.54, 1.807) is 36.6 Å². The molecule has 1 atom stereocenters. The first-order chi connectivity index (χ1) is 17.9. The van der Waals surface area contributed by atoms with Crippen molar-refractivity contribution in [2.24, 2.45) is 0 Å². The van der Waals surface area contributed by atoms with Crippen LogP contribution in [0, 0.1) is 11.6 Å². The second kappa shape index (κ2) is 10.3. The lowest BCUT2D eigenvalue weighted by molar-refractivity contribution is 0.0940. The van der Waals surface area contributed by atoms with Crippen molar-refractivity contribution >= 4 is 39.8 Å². The predicted octanol–water partition coefficient (Wildman–Crippen LogP) is 5.72. The number of halogens is 2. The van der Waals surface area contributed by atoms with Crippen LogP contribution < -0.4 is 16.4 Å². The van der Waals surface area contributed by atoms with E-state index in [1.165, 1.54) is 12.4 Å². The Labute approximate surface area is 215 Å². The van der Waals surface area contributed by atoms with Crippen molar-refractivity contribution < 1.29 is 13.6 Å². The first-order valence-corrected chi connectivity index (χ1v) is 12.2. The van der Waals surface area contributed by atoms with E-state index in [-0.39, 0.29) is 5.56 Å². The molecule has 0 aliphatic rings. The third-order valence-electron chi connectivity index (χ3n) is 5.87. The van der Waals surface area contributed by atoms with E-state index < -0.39 is 23.6 Å². The molecule has 2 aromatic carbocycles. The van der Waals surface area contributed by atoms with E-state index in [0.29, 0.717) is 23.7 Å². The summed E-state index contributed by atoms with van der Waals surface area (Å²) in [6.45, 7) is 2.08. The number of nitrogens with one attached hydrogen (secondary N) is 2. The largest absolute Gasteiger partial charge is 0.383 e. The lowest BCUT2D eigenvalue weighted by Gasteiger charge is -2.16. The van der Waals surface area contributed by atoms with Crippen LogP contribution in [0.3, 0.4) is 0 Å². The SMILES string of the molecule is CC(NC(=O)c1cccnc1NCc1ccc(-c2ccc3ncnc(N)c3c2)s1)c1ccc(F)cc1F. The minimum absolute atomic E-state index is 0.196. The Morgan fingerprint density at radius 3 is 2.76 bits per heavy atom. The summed E-state index contributed by atoms with van der Waals surface area (Å²) in [6, 6.07) is 15.8. The van der Waals surface area contributed by atoms with Crippen molar-refractivity contribution in [3.8, 4) is 10.4 Å². The molecule has 1 unspecified atom stereocenters. The van der Waals surface area contributed by atoms with E-state index in [9.17, 15) is 13.6 Å². The fourth-order valence-electron chi connectivity index (χ4n) is 3.96. The van der Waals surface area contributed by atoms with Crippen molar-refractivity contribution in [2.45, 2.75) is 19.5 Å². The van der Waals surface area contributed by atoms with Crippen LogP contribution in [0.5, 0.6) is 0 Å².